The van der Waals surface area contributed by atoms with Gasteiger partial charge >= 0.3 is 5.97 Å². The van der Waals surface area contributed by atoms with Crippen LogP contribution in [0, 0.1) is 0 Å². The number of unbranched alkanes of at least 4 members (excludes halogenated alkanes) is 59. The van der Waals surface area contributed by atoms with Gasteiger partial charge in [-0.2, -0.15) is 0 Å². The minimum Gasteiger partial charge on any atom is -0.466 e. The molecule has 0 aromatic rings. The van der Waals surface area contributed by atoms with Crippen LogP contribution in [0.3, 0.4) is 0 Å². The average Bonchev–Trinajstić information content (AvgIpc) is 3.59. The van der Waals surface area contributed by atoms with Crippen molar-refractivity contribution in [2.24, 2.45) is 0 Å². The Labute approximate surface area is 551 Å². The summed E-state index contributed by atoms with van der Waals surface area (Å²) in [7, 11) is 0. The van der Waals surface area contributed by atoms with Gasteiger partial charge in [0.2, 0.25) is 5.91 Å². The van der Waals surface area contributed by atoms with E-state index >= 15 is 0 Å². The Bertz CT molecular complexity index is 1430. The molecule has 2 unspecified atom stereocenters. The summed E-state index contributed by atoms with van der Waals surface area (Å²) in [6.45, 7) is 4.99. The first kappa shape index (κ1) is 86.1. The van der Waals surface area contributed by atoms with Crippen LogP contribution in [0.5, 0.6) is 0 Å². The predicted molar refractivity (Wildman–Crippen MR) is 389 cm³/mol. The Kier molecular flexibility index (Phi) is 75.8. The molecule has 2 atom stereocenters. The Morgan fingerprint density at radius 3 is 0.875 bits per heavy atom. The number of allylic oxidation sites excluding steroid dienone is 6. The van der Waals surface area contributed by atoms with Crippen molar-refractivity contribution in [1.29, 1.82) is 0 Å². The van der Waals surface area contributed by atoms with Gasteiger partial charge in [-0.05, 0) is 83.5 Å². The molecule has 0 saturated heterocycles. The zero-order valence-electron chi connectivity index (χ0n) is 59.7. The van der Waals surface area contributed by atoms with E-state index in [1.54, 1.807) is 0 Å². The van der Waals surface area contributed by atoms with Crippen molar-refractivity contribution in [3.63, 3.8) is 0 Å². The van der Waals surface area contributed by atoms with E-state index in [9.17, 15) is 19.8 Å². The third-order valence-electron chi connectivity index (χ3n) is 18.9. The minimum absolute atomic E-state index is 0.0177. The number of carbonyl (C=O) groups is 2. The summed E-state index contributed by atoms with van der Waals surface area (Å²) in [6.07, 6.45) is 101. The number of hydrogen-bond donors (Lipinski definition) is 3. The molecular weight excluding hydrogens is 1080 g/mol. The normalized spacial score (nSPS) is 12.6. The van der Waals surface area contributed by atoms with Crippen LogP contribution in [0.25, 0.3) is 0 Å². The van der Waals surface area contributed by atoms with Gasteiger partial charge in [0.15, 0.2) is 0 Å². The molecule has 6 nitrogen and oxygen atoms in total. The molecule has 0 aliphatic rings. The molecule has 0 aromatic heterocycles. The molecule has 6 heteroatoms. The summed E-state index contributed by atoms with van der Waals surface area (Å²) in [6, 6.07) is -0.539. The lowest BCUT2D eigenvalue weighted by Gasteiger charge is -2.22. The Morgan fingerprint density at radius 1 is 0.318 bits per heavy atom. The van der Waals surface area contributed by atoms with Gasteiger partial charge in [0.25, 0.3) is 0 Å². The fourth-order valence-corrected chi connectivity index (χ4v) is 12.8. The fraction of sp³-hybridized carbons (Fsp3) is 0.902. The van der Waals surface area contributed by atoms with Gasteiger partial charge in [-0.1, -0.05) is 391 Å². The minimum atomic E-state index is -0.662. The van der Waals surface area contributed by atoms with Crippen molar-refractivity contribution in [1.82, 2.24) is 5.32 Å². The van der Waals surface area contributed by atoms with Crippen LogP contribution >= 0.6 is 0 Å². The maximum atomic E-state index is 12.5. The molecule has 0 aliphatic carbocycles. The summed E-state index contributed by atoms with van der Waals surface area (Å²) in [5.74, 6) is -0.0109. The van der Waals surface area contributed by atoms with Gasteiger partial charge in [-0.25, -0.2) is 0 Å². The van der Waals surface area contributed by atoms with Crippen molar-refractivity contribution in [2.75, 3.05) is 13.2 Å². The summed E-state index contributed by atoms with van der Waals surface area (Å²) in [5.41, 5.74) is 0. The van der Waals surface area contributed by atoms with Crippen molar-refractivity contribution in [2.45, 2.75) is 463 Å². The van der Waals surface area contributed by atoms with Crippen LogP contribution in [0.2, 0.25) is 0 Å². The van der Waals surface area contributed by atoms with Crippen molar-refractivity contribution in [3.05, 3.63) is 36.5 Å². The standard InChI is InChI=1S/C82H157NO5/c1-3-5-7-9-11-13-15-17-19-43-48-52-56-60-64-68-72-76-82(87)88-77-73-69-65-61-57-53-49-45-42-40-38-36-34-32-30-28-26-24-22-20-21-23-25-27-29-31-33-35-37-39-41-44-47-51-55-59-63-67-71-75-81(86)83-79(78-84)80(85)74-70-66-62-58-54-50-46-18-16-14-12-10-8-6-4-2/h17,19-21,24,26,79-80,84-85H,3-16,18,22-23,25,27-78H2,1-2H3,(H,83,86)/b19-17-,21-20-,26-24-. The number of amides is 1. The van der Waals surface area contributed by atoms with Crippen LogP contribution in [0.1, 0.15) is 450 Å². The van der Waals surface area contributed by atoms with Crippen LogP contribution < -0.4 is 5.32 Å². The van der Waals surface area contributed by atoms with Gasteiger partial charge in [0.1, 0.15) is 0 Å². The Balaban J connectivity index is 3.34. The molecule has 0 saturated carbocycles. The molecule has 520 valence electrons. The largest absolute Gasteiger partial charge is 0.466 e. The van der Waals surface area contributed by atoms with Crippen molar-refractivity contribution >= 4 is 11.9 Å². The molecule has 3 N–H and O–H groups in total. The molecule has 0 radical (unpaired) electrons. The molecular formula is C82H157NO5. The second-order valence-corrected chi connectivity index (χ2v) is 27.7. The second kappa shape index (κ2) is 77.5. The third-order valence-corrected chi connectivity index (χ3v) is 18.9. The van der Waals surface area contributed by atoms with Crippen LogP contribution in [0.4, 0.5) is 0 Å². The first-order valence-electron chi connectivity index (χ1n) is 40.2. The number of nitrogens with one attached hydrogen (secondary N) is 1. The van der Waals surface area contributed by atoms with Gasteiger partial charge in [0, 0.05) is 12.8 Å². The van der Waals surface area contributed by atoms with Gasteiger partial charge < -0.3 is 20.3 Å². The lowest BCUT2D eigenvalue weighted by Crippen LogP contribution is -2.45. The highest BCUT2D eigenvalue weighted by Gasteiger charge is 2.20. The van der Waals surface area contributed by atoms with E-state index in [0.717, 1.165) is 51.4 Å². The van der Waals surface area contributed by atoms with E-state index < -0.39 is 12.1 Å². The molecule has 1 amide bonds. The Morgan fingerprint density at radius 2 is 0.568 bits per heavy atom. The lowest BCUT2D eigenvalue weighted by atomic mass is 10.0. The zero-order valence-corrected chi connectivity index (χ0v) is 59.7. The summed E-state index contributed by atoms with van der Waals surface area (Å²) in [4.78, 5) is 24.6. The predicted octanol–water partition coefficient (Wildman–Crippen LogP) is 26.6. The van der Waals surface area contributed by atoms with Crippen molar-refractivity contribution in [3.8, 4) is 0 Å². The first-order valence-corrected chi connectivity index (χ1v) is 40.2. The average molecular weight is 1240 g/mol. The number of aliphatic hydroxyl groups excluding tert-OH is 2. The smallest absolute Gasteiger partial charge is 0.305 e. The lowest BCUT2D eigenvalue weighted by molar-refractivity contribution is -0.143. The van der Waals surface area contributed by atoms with E-state index in [4.69, 9.17) is 4.74 Å². The summed E-state index contributed by atoms with van der Waals surface area (Å²) < 4.78 is 5.51. The first-order chi connectivity index (χ1) is 43.5. The van der Waals surface area contributed by atoms with Gasteiger partial charge in [0.05, 0.1) is 25.4 Å². The maximum Gasteiger partial charge on any atom is 0.305 e. The molecule has 88 heavy (non-hydrogen) atoms. The van der Waals surface area contributed by atoms with Gasteiger partial charge in [-0.3, -0.25) is 9.59 Å². The van der Waals surface area contributed by atoms with E-state index in [1.807, 2.05) is 0 Å². The van der Waals surface area contributed by atoms with Crippen molar-refractivity contribution < 1.29 is 24.5 Å². The number of ether oxygens (including phenoxy) is 1. The molecule has 0 aromatic carbocycles. The molecule has 0 spiro atoms. The molecule has 0 heterocycles. The number of carbonyl (C=O) groups excluding carboxylic acids is 2. The summed E-state index contributed by atoms with van der Waals surface area (Å²) in [5, 5.41) is 23.4. The molecule has 0 rings (SSSR count). The SMILES string of the molecule is CCCCCCCC/C=C\CCCCCCCCCC(=O)OCCCCCCCCCCCCCCCCC/C=C\C/C=C\CCCCCCCCCCCCCCCCCCCC(=O)NC(CO)C(O)CCCCCCCCCCCCCCCCC. The number of esters is 1. The monoisotopic (exact) mass is 1240 g/mol. The number of rotatable bonds is 76. The summed E-state index contributed by atoms with van der Waals surface area (Å²) >= 11 is 0. The maximum absolute atomic E-state index is 12.5. The molecule has 0 fully saturated rings. The highest BCUT2D eigenvalue weighted by molar-refractivity contribution is 5.76. The third kappa shape index (κ3) is 73.1. The van der Waals surface area contributed by atoms with E-state index in [1.165, 1.54) is 366 Å². The molecule has 0 aliphatic heterocycles. The van der Waals surface area contributed by atoms with Crippen LogP contribution in [-0.4, -0.2) is 47.4 Å². The quantitative estimate of drug-likeness (QED) is 0.0320. The zero-order chi connectivity index (χ0) is 63.5. The van der Waals surface area contributed by atoms with Crippen LogP contribution in [-0.2, 0) is 14.3 Å². The second-order valence-electron chi connectivity index (χ2n) is 27.7. The fourth-order valence-electron chi connectivity index (χ4n) is 12.8. The molecule has 0 bridgehead atoms. The van der Waals surface area contributed by atoms with E-state index in [2.05, 4.69) is 55.6 Å². The van der Waals surface area contributed by atoms with Crippen LogP contribution in [0.15, 0.2) is 36.5 Å². The van der Waals surface area contributed by atoms with Gasteiger partial charge in [-0.15, -0.1) is 0 Å². The van der Waals surface area contributed by atoms with E-state index in [-0.39, 0.29) is 18.5 Å². The number of aliphatic hydroxyl groups is 2. The highest BCUT2D eigenvalue weighted by Crippen LogP contribution is 2.20. The Hall–Kier alpha value is -1.92. The number of hydrogen-bond acceptors (Lipinski definition) is 5. The van der Waals surface area contributed by atoms with E-state index in [0.29, 0.717) is 25.9 Å². The highest BCUT2D eigenvalue weighted by atomic mass is 16.5. The topological polar surface area (TPSA) is 95.9 Å².